The number of benzene rings is 1. The monoisotopic (exact) mass is 331 g/mol. The van der Waals surface area contributed by atoms with Crippen molar-refractivity contribution in [2.24, 2.45) is 0 Å². The number of aromatic nitrogens is 2. The fourth-order valence-electron chi connectivity index (χ4n) is 2.78. The molecule has 0 radical (unpaired) electrons. The SMILES string of the molecule is O=C(CN1CCN(CCn2ccnc2)CC1)Nc1ccc(F)cc1. The van der Waals surface area contributed by atoms with Gasteiger partial charge in [0.05, 0.1) is 12.9 Å². The molecule has 6 nitrogen and oxygen atoms in total. The second-order valence-corrected chi connectivity index (χ2v) is 5.97. The van der Waals surface area contributed by atoms with E-state index in [1.807, 2.05) is 12.5 Å². The van der Waals surface area contributed by atoms with Crippen molar-refractivity contribution in [1.29, 1.82) is 0 Å². The smallest absolute Gasteiger partial charge is 0.238 e. The number of imidazole rings is 1. The fraction of sp³-hybridized carbons (Fsp3) is 0.412. The molecule has 1 aromatic heterocycles. The predicted molar refractivity (Wildman–Crippen MR) is 90.1 cm³/mol. The van der Waals surface area contributed by atoms with Crippen LogP contribution in [0, 0.1) is 5.82 Å². The first-order valence-electron chi connectivity index (χ1n) is 8.15. The van der Waals surface area contributed by atoms with E-state index in [9.17, 15) is 9.18 Å². The summed E-state index contributed by atoms with van der Waals surface area (Å²) in [6.07, 6.45) is 5.59. The van der Waals surface area contributed by atoms with E-state index >= 15 is 0 Å². The van der Waals surface area contributed by atoms with Crippen molar-refractivity contribution in [3.05, 3.63) is 48.8 Å². The van der Waals surface area contributed by atoms with Crippen LogP contribution in [0.15, 0.2) is 43.0 Å². The molecule has 1 saturated heterocycles. The number of hydrogen-bond acceptors (Lipinski definition) is 4. The molecule has 0 atom stereocenters. The summed E-state index contributed by atoms with van der Waals surface area (Å²) in [5, 5.41) is 2.80. The molecular weight excluding hydrogens is 309 g/mol. The predicted octanol–water partition coefficient (Wildman–Crippen LogP) is 1.28. The second kappa shape index (κ2) is 8.03. The number of hydrogen-bond donors (Lipinski definition) is 1. The molecule has 1 aliphatic rings. The molecular formula is C17H22FN5O. The second-order valence-electron chi connectivity index (χ2n) is 5.97. The van der Waals surface area contributed by atoms with Crippen LogP contribution in [-0.4, -0.2) is 64.5 Å². The highest BCUT2D eigenvalue weighted by Crippen LogP contribution is 2.09. The summed E-state index contributed by atoms with van der Waals surface area (Å²) in [6, 6.07) is 5.83. The van der Waals surface area contributed by atoms with E-state index in [4.69, 9.17) is 0 Å². The summed E-state index contributed by atoms with van der Waals surface area (Å²) >= 11 is 0. The zero-order valence-corrected chi connectivity index (χ0v) is 13.6. The van der Waals surface area contributed by atoms with Gasteiger partial charge in [0.2, 0.25) is 5.91 Å². The lowest BCUT2D eigenvalue weighted by Gasteiger charge is -2.34. The van der Waals surface area contributed by atoms with E-state index in [-0.39, 0.29) is 11.7 Å². The maximum atomic E-state index is 12.9. The standard InChI is InChI=1S/C17H22FN5O/c18-15-1-3-16(4-2-15)20-17(24)13-22-10-7-21(8-11-22)9-12-23-6-5-19-14-23/h1-6,14H,7-13H2,(H,20,24). The van der Waals surface area contributed by atoms with Crippen LogP contribution in [0.25, 0.3) is 0 Å². The lowest BCUT2D eigenvalue weighted by Crippen LogP contribution is -2.49. The Bertz CT molecular complexity index is 636. The molecule has 1 N–H and O–H groups in total. The van der Waals surface area contributed by atoms with E-state index in [0.29, 0.717) is 12.2 Å². The normalized spacial score (nSPS) is 16.2. The Morgan fingerprint density at radius 2 is 1.79 bits per heavy atom. The number of nitrogens with zero attached hydrogens (tertiary/aromatic N) is 4. The molecule has 0 aliphatic carbocycles. The van der Waals surface area contributed by atoms with E-state index in [2.05, 4.69) is 24.7 Å². The number of rotatable bonds is 6. The highest BCUT2D eigenvalue weighted by Gasteiger charge is 2.18. The van der Waals surface area contributed by atoms with E-state index in [0.717, 1.165) is 39.3 Å². The van der Waals surface area contributed by atoms with Gasteiger partial charge in [-0.3, -0.25) is 14.6 Å². The first-order valence-corrected chi connectivity index (χ1v) is 8.15. The molecule has 0 spiro atoms. The summed E-state index contributed by atoms with van der Waals surface area (Å²) in [6.45, 7) is 5.96. The quantitative estimate of drug-likeness (QED) is 0.866. The number of piperazine rings is 1. The van der Waals surface area contributed by atoms with Gasteiger partial charge < -0.3 is 9.88 Å². The van der Waals surface area contributed by atoms with E-state index < -0.39 is 0 Å². The molecule has 1 aliphatic heterocycles. The lowest BCUT2D eigenvalue weighted by atomic mass is 10.3. The molecule has 0 saturated carbocycles. The third kappa shape index (κ3) is 4.87. The first kappa shape index (κ1) is 16.6. The van der Waals surface area contributed by atoms with Crippen molar-refractivity contribution in [2.45, 2.75) is 6.54 Å². The van der Waals surface area contributed by atoms with Crippen LogP contribution in [0.3, 0.4) is 0 Å². The Hall–Kier alpha value is -2.25. The number of carbonyl (C=O) groups excluding carboxylic acids is 1. The van der Waals surface area contributed by atoms with E-state index in [1.54, 1.807) is 18.3 Å². The van der Waals surface area contributed by atoms with Crippen LogP contribution >= 0.6 is 0 Å². The zero-order valence-electron chi connectivity index (χ0n) is 13.6. The van der Waals surface area contributed by atoms with Crippen molar-refractivity contribution < 1.29 is 9.18 Å². The van der Waals surface area contributed by atoms with Gasteiger partial charge in [-0.05, 0) is 24.3 Å². The van der Waals surface area contributed by atoms with Crippen LogP contribution in [0.1, 0.15) is 0 Å². The minimum absolute atomic E-state index is 0.0616. The summed E-state index contributed by atoms with van der Waals surface area (Å²) in [5.74, 6) is -0.367. The molecule has 1 fully saturated rings. The van der Waals surface area contributed by atoms with Crippen molar-refractivity contribution in [1.82, 2.24) is 19.4 Å². The average molecular weight is 331 g/mol. The Labute approximate surface area is 140 Å². The third-order valence-electron chi connectivity index (χ3n) is 4.19. The molecule has 0 bridgehead atoms. The highest BCUT2D eigenvalue weighted by molar-refractivity contribution is 5.92. The van der Waals surface area contributed by atoms with Crippen LogP contribution in [0.5, 0.6) is 0 Å². The number of nitrogens with one attached hydrogen (secondary N) is 1. The van der Waals surface area contributed by atoms with Crippen molar-refractivity contribution in [2.75, 3.05) is 44.6 Å². The summed E-state index contributed by atoms with van der Waals surface area (Å²) in [5.41, 5.74) is 0.625. The van der Waals surface area contributed by atoms with Crippen molar-refractivity contribution in [3.8, 4) is 0 Å². The summed E-state index contributed by atoms with van der Waals surface area (Å²) in [7, 11) is 0. The Kier molecular flexibility index (Phi) is 5.55. The molecule has 2 heterocycles. The lowest BCUT2D eigenvalue weighted by molar-refractivity contribution is -0.117. The molecule has 1 aromatic carbocycles. The van der Waals surface area contributed by atoms with E-state index in [1.165, 1.54) is 12.1 Å². The summed E-state index contributed by atoms with van der Waals surface area (Å²) in [4.78, 5) is 20.6. The Balaban J connectivity index is 1.37. The topological polar surface area (TPSA) is 53.4 Å². The maximum absolute atomic E-state index is 12.9. The van der Waals surface area contributed by atoms with Crippen LogP contribution in [-0.2, 0) is 11.3 Å². The van der Waals surface area contributed by atoms with Gasteiger partial charge in [-0.1, -0.05) is 0 Å². The zero-order chi connectivity index (χ0) is 16.8. The van der Waals surface area contributed by atoms with Crippen LogP contribution in [0.4, 0.5) is 10.1 Å². The average Bonchev–Trinajstić information content (AvgIpc) is 3.10. The molecule has 2 aromatic rings. The van der Waals surface area contributed by atoms with Gasteiger partial charge >= 0.3 is 0 Å². The van der Waals surface area contributed by atoms with Gasteiger partial charge in [0.1, 0.15) is 5.82 Å². The van der Waals surface area contributed by atoms with Gasteiger partial charge in [-0.2, -0.15) is 0 Å². The molecule has 7 heteroatoms. The molecule has 1 amide bonds. The molecule has 0 unspecified atom stereocenters. The summed E-state index contributed by atoms with van der Waals surface area (Å²) < 4.78 is 14.9. The van der Waals surface area contributed by atoms with Gasteiger partial charge in [-0.15, -0.1) is 0 Å². The van der Waals surface area contributed by atoms with Gasteiger partial charge in [-0.25, -0.2) is 9.37 Å². The Morgan fingerprint density at radius 1 is 1.08 bits per heavy atom. The number of amides is 1. The number of carbonyl (C=O) groups is 1. The Morgan fingerprint density at radius 3 is 2.46 bits per heavy atom. The largest absolute Gasteiger partial charge is 0.336 e. The van der Waals surface area contributed by atoms with Crippen molar-refractivity contribution >= 4 is 11.6 Å². The minimum Gasteiger partial charge on any atom is -0.336 e. The minimum atomic E-state index is -0.306. The molecule has 24 heavy (non-hydrogen) atoms. The maximum Gasteiger partial charge on any atom is 0.238 e. The number of anilines is 1. The van der Waals surface area contributed by atoms with Crippen molar-refractivity contribution in [3.63, 3.8) is 0 Å². The first-order chi connectivity index (χ1) is 11.7. The van der Waals surface area contributed by atoms with Crippen LogP contribution < -0.4 is 5.32 Å². The van der Waals surface area contributed by atoms with Gasteiger partial charge in [0.25, 0.3) is 0 Å². The van der Waals surface area contributed by atoms with Gasteiger partial charge in [0, 0.05) is 57.3 Å². The third-order valence-corrected chi connectivity index (χ3v) is 4.19. The van der Waals surface area contributed by atoms with Crippen LogP contribution in [0.2, 0.25) is 0 Å². The highest BCUT2D eigenvalue weighted by atomic mass is 19.1. The molecule has 3 rings (SSSR count). The molecule has 128 valence electrons. The van der Waals surface area contributed by atoms with Gasteiger partial charge in [0.15, 0.2) is 0 Å². The fourth-order valence-corrected chi connectivity index (χ4v) is 2.78. The number of halogens is 1.